The lowest BCUT2D eigenvalue weighted by molar-refractivity contribution is -0.146. The molecule has 8 nitrogen and oxygen atoms in total. The summed E-state index contributed by atoms with van der Waals surface area (Å²) in [7, 11) is 0. The molecule has 0 aliphatic heterocycles. The Morgan fingerprint density at radius 2 is 1.69 bits per heavy atom. The first-order chi connectivity index (χ1) is 14.1. The first kappa shape index (κ1) is 20.1. The Bertz CT molecular complexity index is 1010. The highest BCUT2D eigenvalue weighted by atomic mass is 16.6. The molecule has 29 heavy (non-hydrogen) atoms. The fraction of sp³-hybridized carbons (Fsp3) is 0.238. The van der Waals surface area contributed by atoms with E-state index in [1.54, 1.807) is 24.6 Å². The Morgan fingerprint density at radius 3 is 2.34 bits per heavy atom. The molecule has 3 aromatic rings. The van der Waals surface area contributed by atoms with Crippen molar-refractivity contribution in [1.29, 1.82) is 0 Å². The van der Waals surface area contributed by atoms with Gasteiger partial charge in [0.25, 0.3) is 0 Å². The van der Waals surface area contributed by atoms with Crippen molar-refractivity contribution in [2.24, 2.45) is 0 Å². The van der Waals surface area contributed by atoms with E-state index < -0.39 is 11.9 Å². The summed E-state index contributed by atoms with van der Waals surface area (Å²) in [4.78, 5) is 24.2. The molecule has 0 radical (unpaired) electrons. The predicted molar refractivity (Wildman–Crippen MR) is 108 cm³/mol. The Kier molecular flexibility index (Phi) is 6.57. The maximum absolute atomic E-state index is 12.1. The monoisotopic (exact) mass is 394 g/mol. The average Bonchev–Trinajstić information content (AvgIpc) is 3.13. The zero-order valence-electron chi connectivity index (χ0n) is 16.3. The quantitative estimate of drug-likeness (QED) is 0.272. The first-order valence-corrected chi connectivity index (χ1v) is 9.31. The molecule has 0 spiro atoms. The summed E-state index contributed by atoms with van der Waals surface area (Å²) in [6.07, 6.45) is 1.28. The number of rotatable bonds is 8. The van der Waals surface area contributed by atoms with Crippen LogP contribution < -0.4 is 5.32 Å². The number of esters is 2. The third kappa shape index (κ3) is 4.78. The van der Waals surface area contributed by atoms with Gasteiger partial charge in [0.2, 0.25) is 0 Å². The van der Waals surface area contributed by atoms with Crippen LogP contribution in [0.1, 0.15) is 19.4 Å². The number of aromatic nitrogens is 3. The van der Waals surface area contributed by atoms with Crippen molar-refractivity contribution in [3.05, 3.63) is 65.9 Å². The maximum atomic E-state index is 12.1. The average molecular weight is 394 g/mol. The van der Waals surface area contributed by atoms with Crippen LogP contribution >= 0.6 is 0 Å². The van der Waals surface area contributed by atoms with Crippen molar-refractivity contribution in [3.63, 3.8) is 0 Å². The normalized spacial score (nSPS) is 10.4. The molecule has 8 heteroatoms. The van der Waals surface area contributed by atoms with Crippen LogP contribution in [0.15, 0.2) is 60.3 Å². The molecule has 0 aliphatic carbocycles. The molecule has 0 bridgehead atoms. The van der Waals surface area contributed by atoms with E-state index in [1.807, 2.05) is 42.5 Å². The van der Waals surface area contributed by atoms with E-state index in [2.05, 4.69) is 15.6 Å². The number of hydrogen-bond acceptors (Lipinski definition) is 7. The summed E-state index contributed by atoms with van der Waals surface area (Å²) >= 11 is 0. The van der Waals surface area contributed by atoms with Gasteiger partial charge >= 0.3 is 11.9 Å². The number of carbonyl (C=O) groups is 2. The highest BCUT2D eigenvalue weighted by Gasteiger charge is 2.21. The van der Waals surface area contributed by atoms with Gasteiger partial charge in [-0.3, -0.25) is 0 Å². The van der Waals surface area contributed by atoms with Gasteiger partial charge in [-0.05, 0) is 31.5 Å². The lowest BCUT2D eigenvalue weighted by Gasteiger charge is -2.08. The molecule has 3 rings (SSSR count). The Morgan fingerprint density at radius 1 is 1.00 bits per heavy atom. The SMILES string of the molecule is CCOC(=O)C(=CNc1cccc2c1nnn2Cc1ccccc1)C(=O)OCC. The number of benzene rings is 2. The van der Waals surface area contributed by atoms with Gasteiger partial charge in [-0.15, -0.1) is 5.10 Å². The fourth-order valence-electron chi connectivity index (χ4n) is 2.75. The molecule has 0 unspecified atom stereocenters. The highest BCUT2D eigenvalue weighted by molar-refractivity contribution is 6.14. The minimum atomic E-state index is -0.752. The number of anilines is 1. The van der Waals surface area contributed by atoms with Crippen molar-refractivity contribution >= 4 is 28.7 Å². The zero-order chi connectivity index (χ0) is 20.6. The minimum absolute atomic E-state index is 0.152. The van der Waals surface area contributed by atoms with Crippen LogP contribution in [0.5, 0.6) is 0 Å². The van der Waals surface area contributed by atoms with Crippen molar-refractivity contribution in [3.8, 4) is 0 Å². The lowest BCUT2D eigenvalue weighted by atomic mass is 10.2. The first-order valence-electron chi connectivity index (χ1n) is 9.31. The number of hydrogen-bond donors (Lipinski definition) is 1. The van der Waals surface area contributed by atoms with Crippen LogP contribution in [0, 0.1) is 0 Å². The molecule has 0 fully saturated rings. The van der Waals surface area contributed by atoms with Crippen LogP contribution in [0.4, 0.5) is 5.69 Å². The van der Waals surface area contributed by atoms with Gasteiger partial charge < -0.3 is 14.8 Å². The second-order valence-electron chi connectivity index (χ2n) is 6.05. The number of ether oxygens (including phenoxy) is 2. The standard InChI is InChI=1S/C21H22N4O4/c1-3-28-20(26)16(21(27)29-4-2)13-22-17-11-8-12-18-19(17)23-24-25(18)14-15-9-6-5-7-10-15/h5-13,22H,3-4,14H2,1-2H3. The highest BCUT2D eigenvalue weighted by Crippen LogP contribution is 2.22. The van der Waals surface area contributed by atoms with Crippen LogP contribution in [-0.4, -0.2) is 40.1 Å². The van der Waals surface area contributed by atoms with Gasteiger partial charge in [0, 0.05) is 6.20 Å². The Hall–Kier alpha value is -3.68. The smallest absolute Gasteiger partial charge is 0.347 e. The second-order valence-corrected chi connectivity index (χ2v) is 6.05. The van der Waals surface area contributed by atoms with E-state index in [0.29, 0.717) is 17.7 Å². The topological polar surface area (TPSA) is 95.3 Å². The van der Waals surface area contributed by atoms with E-state index in [0.717, 1.165) is 11.1 Å². The molecule has 2 aromatic carbocycles. The number of fused-ring (bicyclic) bond motifs is 1. The van der Waals surface area contributed by atoms with Gasteiger partial charge in [-0.1, -0.05) is 41.6 Å². The molecule has 1 aromatic heterocycles. The fourth-order valence-corrected chi connectivity index (χ4v) is 2.75. The molecule has 1 N–H and O–H groups in total. The lowest BCUT2D eigenvalue weighted by Crippen LogP contribution is -2.19. The number of carbonyl (C=O) groups excluding carboxylic acids is 2. The summed E-state index contributed by atoms with van der Waals surface area (Å²) in [5.41, 5.74) is 2.92. The Balaban J connectivity index is 1.88. The van der Waals surface area contributed by atoms with Gasteiger partial charge in [0.1, 0.15) is 5.52 Å². The van der Waals surface area contributed by atoms with Crippen LogP contribution in [0.2, 0.25) is 0 Å². The predicted octanol–water partition coefficient (Wildman–Crippen LogP) is 2.90. The number of nitrogens with zero attached hydrogens (tertiary/aromatic N) is 3. The van der Waals surface area contributed by atoms with Crippen molar-refractivity contribution in [2.75, 3.05) is 18.5 Å². The minimum Gasteiger partial charge on any atom is -0.462 e. The molecule has 150 valence electrons. The molecule has 1 heterocycles. The number of nitrogens with one attached hydrogen (secondary N) is 1. The summed E-state index contributed by atoms with van der Waals surface area (Å²) in [5.74, 6) is -1.50. The van der Waals surface area contributed by atoms with Crippen LogP contribution in [0.3, 0.4) is 0 Å². The van der Waals surface area contributed by atoms with Crippen LogP contribution in [0.25, 0.3) is 11.0 Å². The second kappa shape index (κ2) is 9.50. The van der Waals surface area contributed by atoms with E-state index in [4.69, 9.17) is 9.47 Å². The summed E-state index contributed by atoms with van der Waals surface area (Å²) in [6, 6.07) is 15.5. The molecule has 0 amide bonds. The van der Waals surface area contributed by atoms with Crippen LogP contribution in [-0.2, 0) is 25.6 Å². The molecule has 0 aliphatic rings. The molecule has 0 saturated carbocycles. The third-order valence-corrected chi connectivity index (χ3v) is 4.08. The Labute approximate surface area is 168 Å². The van der Waals surface area contributed by atoms with Crippen molar-refractivity contribution in [1.82, 2.24) is 15.0 Å². The summed E-state index contributed by atoms with van der Waals surface area (Å²) in [6.45, 7) is 4.21. The molecule has 0 atom stereocenters. The zero-order valence-corrected chi connectivity index (χ0v) is 16.3. The van der Waals surface area contributed by atoms with E-state index in [9.17, 15) is 9.59 Å². The van der Waals surface area contributed by atoms with Gasteiger partial charge in [-0.25, -0.2) is 14.3 Å². The van der Waals surface area contributed by atoms with E-state index in [-0.39, 0.29) is 18.8 Å². The maximum Gasteiger partial charge on any atom is 0.347 e. The molecular weight excluding hydrogens is 372 g/mol. The van der Waals surface area contributed by atoms with Gasteiger partial charge in [0.15, 0.2) is 5.57 Å². The summed E-state index contributed by atoms with van der Waals surface area (Å²) < 4.78 is 11.7. The van der Waals surface area contributed by atoms with Gasteiger partial charge in [0.05, 0.1) is 31.0 Å². The molecular formula is C21H22N4O4. The van der Waals surface area contributed by atoms with E-state index in [1.165, 1.54) is 6.20 Å². The summed E-state index contributed by atoms with van der Waals surface area (Å²) in [5, 5.41) is 11.4. The third-order valence-electron chi connectivity index (χ3n) is 4.08. The van der Waals surface area contributed by atoms with Crippen molar-refractivity contribution < 1.29 is 19.1 Å². The molecule has 0 saturated heterocycles. The van der Waals surface area contributed by atoms with E-state index >= 15 is 0 Å². The largest absolute Gasteiger partial charge is 0.462 e. The van der Waals surface area contributed by atoms with Crippen molar-refractivity contribution in [2.45, 2.75) is 20.4 Å². The van der Waals surface area contributed by atoms with Gasteiger partial charge in [-0.2, -0.15) is 0 Å².